The number of aromatic nitrogens is 2. The van der Waals surface area contributed by atoms with Crippen molar-refractivity contribution in [2.75, 3.05) is 18.4 Å². The van der Waals surface area contributed by atoms with Crippen molar-refractivity contribution in [3.05, 3.63) is 40.6 Å². The number of hydrogen-bond acceptors (Lipinski definition) is 4. The Hall–Kier alpha value is -1.46. The molecule has 3 N–H and O–H groups in total. The molecule has 0 aliphatic carbocycles. The van der Waals surface area contributed by atoms with E-state index in [1.54, 1.807) is 0 Å². The average molecular weight is 307 g/mol. The van der Waals surface area contributed by atoms with Gasteiger partial charge in [-0.1, -0.05) is 22.0 Å². The van der Waals surface area contributed by atoms with Gasteiger partial charge in [-0.05, 0) is 30.2 Å². The first-order chi connectivity index (χ1) is 8.70. The minimum absolute atomic E-state index is 0.565. The van der Waals surface area contributed by atoms with Gasteiger partial charge in [-0.2, -0.15) is 0 Å². The Morgan fingerprint density at radius 1 is 1.28 bits per heavy atom. The van der Waals surface area contributed by atoms with Crippen LogP contribution in [0.4, 0.5) is 5.95 Å². The summed E-state index contributed by atoms with van der Waals surface area (Å²) in [5, 5.41) is 3.04. The van der Waals surface area contributed by atoms with E-state index in [2.05, 4.69) is 50.3 Å². The number of nitrogens with zero attached hydrogens (tertiary/aromatic N) is 2. The van der Waals surface area contributed by atoms with Crippen LogP contribution in [-0.2, 0) is 0 Å². The molecule has 0 amide bonds. The van der Waals surface area contributed by atoms with Crippen molar-refractivity contribution in [3.63, 3.8) is 0 Å². The van der Waals surface area contributed by atoms with Crippen LogP contribution < -0.4 is 11.1 Å². The number of benzene rings is 1. The first-order valence-electron chi connectivity index (χ1n) is 5.73. The Morgan fingerprint density at radius 3 is 2.67 bits per heavy atom. The third kappa shape index (κ3) is 3.05. The van der Waals surface area contributed by atoms with Gasteiger partial charge >= 0.3 is 0 Å². The van der Waals surface area contributed by atoms with Gasteiger partial charge in [0, 0.05) is 35.5 Å². The third-order valence-electron chi connectivity index (χ3n) is 2.59. The molecular weight excluding hydrogens is 292 g/mol. The molecule has 0 spiro atoms. The fourth-order valence-corrected chi connectivity index (χ4v) is 2.01. The first kappa shape index (κ1) is 13.0. The number of nitrogens with two attached hydrogens (primary N) is 1. The van der Waals surface area contributed by atoms with E-state index in [1.807, 2.05) is 18.5 Å². The Balaban J connectivity index is 2.25. The van der Waals surface area contributed by atoms with Crippen LogP contribution in [0.25, 0.3) is 11.1 Å². The van der Waals surface area contributed by atoms with Crippen LogP contribution >= 0.6 is 15.9 Å². The van der Waals surface area contributed by atoms with Gasteiger partial charge in [0.2, 0.25) is 5.95 Å². The first-order valence-corrected chi connectivity index (χ1v) is 6.52. The van der Waals surface area contributed by atoms with Gasteiger partial charge in [0.1, 0.15) is 0 Å². The maximum absolute atomic E-state index is 5.41. The molecule has 1 aromatic carbocycles. The van der Waals surface area contributed by atoms with Crippen LogP contribution in [0.1, 0.15) is 5.56 Å². The molecule has 1 heterocycles. The van der Waals surface area contributed by atoms with Crippen LogP contribution in [0.15, 0.2) is 35.1 Å². The van der Waals surface area contributed by atoms with Crippen molar-refractivity contribution >= 4 is 21.9 Å². The van der Waals surface area contributed by atoms with Gasteiger partial charge < -0.3 is 11.1 Å². The molecule has 0 unspecified atom stereocenters. The van der Waals surface area contributed by atoms with Gasteiger partial charge in [-0.25, -0.2) is 9.97 Å². The quantitative estimate of drug-likeness (QED) is 0.911. The molecule has 94 valence electrons. The number of anilines is 1. The molecule has 0 fully saturated rings. The SMILES string of the molecule is Cc1ccc(Br)cc1-c1cnc(NCCN)nc1. The number of rotatable bonds is 4. The van der Waals surface area contributed by atoms with Crippen LogP contribution in [-0.4, -0.2) is 23.1 Å². The highest BCUT2D eigenvalue weighted by atomic mass is 79.9. The van der Waals surface area contributed by atoms with Crippen LogP contribution in [0.2, 0.25) is 0 Å². The second-order valence-electron chi connectivity index (χ2n) is 3.97. The summed E-state index contributed by atoms with van der Waals surface area (Å²) >= 11 is 3.48. The maximum atomic E-state index is 5.41. The van der Waals surface area contributed by atoms with E-state index in [0.29, 0.717) is 19.0 Å². The van der Waals surface area contributed by atoms with Gasteiger partial charge in [0.15, 0.2) is 0 Å². The molecule has 0 radical (unpaired) electrons. The minimum atomic E-state index is 0.565. The monoisotopic (exact) mass is 306 g/mol. The second kappa shape index (κ2) is 5.93. The van der Waals surface area contributed by atoms with Gasteiger partial charge in [0.05, 0.1) is 0 Å². The summed E-state index contributed by atoms with van der Waals surface area (Å²) in [6.07, 6.45) is 3.64. The topological polar surface area (TPSA) is 63.8 Å². The highest BCUT2D eigenvalue weighted by molar-refractivity contribution is 9.10. The van der Waals surface area contributed by atoms with Crippen LogP contribution in [0.5, 0.6) is 0 Å². The molecule has 0 saturated heterocycles. The highest BCUT2D eigenvalue weighted by Crippen LogP contribution is 2.25. The lowest BCUT2D eigenvalue weighted by atomic mass is 10.0. The normalized spacial score (nSPS) is 10.4. The molecule has 1 aromatic heterocycles. The lowest BCUT2D eigenvalue weighted by Gasteiger charge is -2.07. The van der Waals surface area contributed by atoms with Crippen LogP contribution in [0, 0.1) is 6.92 Å². The number of nitrogens with one attached hydrogen (secondary N) is 1. The van der Waals surface area contributed by atoms with Gasteiger partial charge in [-0.3, -0.25) is 0 Å². The molecule has 18 heavy (non-hydrogen) atoms. The molecule has 5 heteroatoms. The van der Waals surface area contributed by atoms with Crippen molar-refractivity contribution in [2.24, 2.45) is 5.73 Å². The van der Waals surface area contributed by atoms with E-state index in [4.69, 9.17) is 5.73 Å². The molecule has 0 saturated carbocycles. The van der Waals surface area contributed by atoms with Crippen molar-refractivity contribution in [1.82, 2.24) is 9.97 Å². The smallest absolute Gasteiger partial charge is 0.222 e. The molecule has 0 bridgehead atoms. The van der Waals surface area contributed by atoms with Crippen LogP contribution in [0.3, 0.4) is 0 Å². The van der Waals surface area contributed by atoms with Crippen molar-refractivity contribution in [3.8, 4) is 11.1 Å². The van der Waals surface area contributed by atoms with Crippen molar-refractivity contribution in [1.29, 1.82) is 0 Å². The summed E-state index contributed by atoms with van der Waals surface area (Å²) in [7, 11) is 0. The fourth-order valence-electron chi connectivity index (χ4n) is 1.65. The summed E-state index contributed by atoms with van der Waals surface area (Å²) in [6, 6.07) is 6.16. The van der Waals surface area contributed by atoms with Gasteiger partial charge in [0.25, 0.3) is 0 Å². The molecule has 2 aromatic rings. The number of hydrogen-bond donors (Lipinski definition) is 2. The molecular formula is C13H15BrN4. The van der Waals surface area contributed by atoms with Crippen molar-refractivity contribution < 1.29 is 0 Å². The number of aryl methyl sites for hydroxylation is 1. The Labute approximate surface area is 115 Å². The molecule has 4 nitrogen and oxygen atoms in total. The number of halogens is 1. The molecule has 0 aliphatic heterocycles. The zero-order valence-electron chi connectivity index (χ0n) is 10.2. The van der Waals surface area contributed by atoms with E-state index < -0.39 is 0 Å². The maximum Gasteiger partial charge on any atom is 0.222 e. The summed E-state index contributed by atoms with van der Waals surface area (Å²) in [5.74, 6) is 0.608. The Kier molecular flexibility index (Phi) is 4.28. The van der Waals surface area contributed by atoms with E-state index in [9.17, 15) is 0 Å². The van der Waals surface area contributed by atoms with Gasteiger partial charge in [-0.15, -0.1) is 0 Å². The molecule has 2 rings (SSSR count). The predicted octanol–water partition coefficient (Wildman–Crippen LogP) is 2.59. The summed E-state index contributed by atoms with van der Waals surface area (Å²) in [5.41, 5.74) is 8.75. The lowest BCUT2D eigenvalue weighted by molar-refractivity contribution is 0.989. The second-order valence-corrected chi connectivity index (χ2v) is 4.89. The average Bonchev–Trinajstić information content (AvgIpc) is 2.40. The predicted molar refractivity (Wildman–Crippen MR) is 77.4 cm³/mol. The molecule has 0 aliphatic rings. The largest absolute Gasteiger partial charge is 0.353 e. The molecule has 0 atom stereocenters. The fraction of sp³-hybridized carbons (Fsp3) is 0.231. The summed E-state index contributed by atoms with van der Waals surface area (Å²) < 4.78 is 1.05. The van der Waals surface area contributed by atoms with E-state index >= 15 is 0 Å². The minimum Gasteiger partial charge on any atom is -0.353 e. The Morgan fingerprint density at radius 2 is 2.00 bits per heavy atom. The standard InChI is InChI=1S/C13H15BrN4/c1-9-2-3-11(14)6-12(9)10-7-17-13(18-8-10)16-5-4-15/h2-3,6-8H,4-5,15H2,1H3,(H,16,17,18). The van der Waals surface area contributed by atoms with E-state index in [-0.39, 0.29) is 0 Å². The summed E-state index contributed by atoms with van der Waals surface area (Å²) in [6.45, 7) is 3.31. The van der Waals surface area contributed by atoms with E-state index in [0.717, 1.165) is 15.6 Å². The Bertz CT molecular complexity index is 525. The van der Waals surface area contributed by atoms with E-state index in [1.165, 1.54) is 5.56 Å². The summed E-state index contributed by atoms with van der Waals surface area (Å²) in [4.78, 5) is 8.54. The zero-order chi connectivity index (χ0) is 13.0. The van der Waals surface area contributed by atoms with Crippen molar-refractivity contribution in [2.45, 2.75) is 6.92 Å². The lowest BCUT2D eigenvalue weighted by Crippen LogP contribution is -2.14. The zero-order valence-corrected chi connectivity index (χ0v) is 11.7. The highest BCUT2D eigenvalue weighted by Gasteiger charge is 2.04. The third-order valence-corrected chi connectivity index (χ3v) is 3.08.